The van der Waals surface area contributed by atoms with Gasteiger partial charge >= 0.3 is 0 Å². The molecule has 3 aromatic carbocycles. The van der Waals surface area contributed by atoms with E-state index in [9.17, 15) is 9.18 Å². The number of fused-ring (bicyclic) bond motifs is 1. The number of rotatable bonds is 5. The maximum atomic E-state index is 14.1. The number of anilines is 1. The summed E-state index contributed by atoms with van der Waals surface area (Å²) in [6.45, 7) is 2.80. The summed E-state index contributed by atoms with van der Waals surface area (Å²) in [5, 5.41) is 11.4. The average Bonchev–Trinajstić information content (AvgIpc) is 2.86. The molecule has 9 heteroatoms. The molecule has 1 amide bonds. The number of nitrogens with one attached hydrogen (secondary N) is 1. The summed E-state index contributed by atoms with van der Waals surface area (Å²) in [7, 11) is 0. The highest BCUT2D eigenvalue weighted by Gasteiger charge is 2.21. The zero-order chi connectivity index (χ0) is 25.2. The van der Waals surface area contributed by atoms with Crippen LogP contribution in [-0.4, -0.2) is 22.7 Å². The van der Waals surface area contributed by atoms with E-state index in [0.717, 1.165) is 17.7 Å². The van der Waals surface area contributed by atoms with E-state index in [1.165, 1.54) is 12.1 Å². The molecule has 0 bridgehead atoms. The fraction of sp³-hybridized carbons (Fsp3) is 0.148. The minimum absolute atomic E-state index is 0.230. The van der Waals surface area contributed by atoms with Gasteiger partial charge in [-0.25, -0.2) is 4.39 Å². The Morgan fingerprint density at radius 1 is 1.06 bits per heavy atom. The molecule has 182 valence electrons. The second kappa shape index (κ2) is 10.1. The third-order valence-corrected chi connectivity index (χ3v) is 6.39. The van der Waals surface area contributed by atoms with Crippen molar-refractivity contribution >= 4 is 34.9 Å². The first kappa shape index (κ1) is 24.0. The Hall–Kier alpha value is -3.68. The third kappa shape index (κ3) is 5.12. The molecule has 1 unspecified atom stereocenters. The smallest absolute Gasteiger partial charge is 0.256 e. The number of nitrogens with zero attached hydrogens (tertiary/aromatic N) is 2. The predicted octanol–water partition coefficient (Wildman–Crippen LogP) is 7.52. The molecule has 0 fully saturated rings. The van der Waals surface area contributed by atoms with E-state index in [1.54, 1.807) is 48.5 Å². The lowest BCUT2D eigenvalue weighted by molar-refractivity contribution is 0.102. The normalized spacial score (nSPS) is 14.5. The fourth-order valence-electron chi connectivity index (χ4n) is 3.87. The van der Waals surface area contributed by atoms with Crippen molar-refractivity contribution in [3.05, 3.63) is 93.7 Å². The molecular formula is C27H20Cl2FN3O3. The largest absolute Gasteiger partial charge is 0.493 e. The first-order valence-electron chi connectivity index (χ1n) is 11.2. The van der Waals surface area contributed by atoms with Crippen molar-refractivity contribution < 1.29 is 18.7 Å². The molecule has 1 aromatic heterocycles. The van der Waals surface area contributed by atoms with Crippen LogP contribution < -0.4 is 14.8 Å². The SMILES string of the molecule is CC1CCOc2cc(Oc3ccc(C(=O)Nc4ccc(-c5ccc(Cl)cc5F)nn4)cc3)c(Cl)cc21. The highest BCUT2D eigenvalue weighted by molar-refractivity contribution is 6.32. The number of carbonyl (C=O) groups is 1. The van der Waals surface area contributed by atoms with Gasteiger partial charge in [-0.2, -0.15) is 0 Å². The van der Waals surface area contributed by atoms with Crippen molar-refractivity contribution in [1.29, 1.82) is 0 Å². The zero-order valence-electron chi connectivity index (χ0n) is 19.1. The topological polar surface area (TPSA) is 73.3 Å². The molecule has 1 aliphatic heterocycles. The van der Waals surface area contributed by atoms with Crippen molar-refractivity contribution in [1.82, 2.24) is 10.2 Å². The van der Waals surface area contributed by atoms with Gasteiger partial charge in [-0.1, -0.05) is 30.1 Å². The lowest BCUT2D eigenvalue weighted by Gasteiger charge is -2.24. The molecule has 1 atom stereocenters. The summed E-state index contributed by atoms with van der Waals surface area (Å²) in [6, 6.07) is 17.7. The number of aromatic nitrogens is 2. The number of halogens is 3. The Kier molecular flexibility index (Phi) is 6.76. The molecule has 0 spiro atoms. The fourth-order valence-corrected chi connectivity index (χ4v) is 4.24. The van der Waals surface area contributed by atoms with E-state index in [0.29, 0.717) is 45.3 Å². The number of hydrogen-bond acceptors (Lipinski definition) is 5. The quantitative estimate of drug-likeness (QED) is 0.292. The molecule has 5 rings (SSSR count). The van der Waals surface area contributed by atoms with Gasteiger partial charge in [0.2, 0.25) is 0 Å². The van der Waals surface area contributed by atoms with Crippen LogP contribution in [0.25, 0.3) is 11.3 Å². The molecule has 4 aromatic rings. The molecule has 6 nitrogen and oxygen atoms in total. The first-order valence-corrected chi connectivity index (χ1v) is 12.0. The minimum atomic E-state index is -0.505. The number of benzene rings is 3. The Balaban J connectivity index is 1.25. The Bertz CT molecular complexity index is 1430. The van der Waals surface area contributed by atoms with E-state index in [4.69, 9.17) is 32.7 Å². The number of carbonyl (C=O) groups excluding carboxylic acids is 1. The maximum Gasteiger partial charge on any atom is 0.256 e. The van der Waals surface area contributed by atoms with E-state index in [1.807, 2.05) is 6.07 Å². The van der Waals surface area contributed by atoms with Gasteiger partial charge in [0, 0.05) is 22.2 Å². The second-order valence-corrected chi connectivity index (χ2v) is 9.21. The van der Waals surface area contributed by atoms with Gasteiger partial charge in [-0.3, -0.25) is 4.79 Å². The van der Waals surface area contributed by atoms with Crippen LogP contribution in [-0.2, 0) is 0 Å². The summed E-state index contributed by atoms with van der Waals surface area (Å²) in [5.74, 6) is 1.49. The Morgan fingerprint density at radius 2 is 1.86 bits per heavy atom. The predicted molar refractivity (Wildman–Crippen MR) is 137 cm³/mol. The number of ether oxygens (including phenoxy) is 2. The van der Waals surface area contributed by atoms with E-state index in [-0.39, 0.29) is 17.3 Å². The molecular weight excluding hydrogens is 504 g/mol. The van der Waals surface area contributed by atoms with Gasteiger partial charge < -0.3 is 14.8 Å². The summed E-state index contributed by atoms with van der Waals surface area (Å²) in [5.41, 5.74) is 2.05. The Morgan fingerprint density at radius 3 is 2.58 bits per heavy atom. The van der Waals surface area contributed by atoms with Gasteiger partial charge in [0.1, 0.15) is 23.1 Å². The van der Waals surface area contributed by atoms with Crippen LogP contribution in [0.1, 0.15) is 35.2 Å². The van der Waals surface area contributed by atoms with Gasteiger partial charge in [-0.05, 0) is 78.6 Å². The van der Waals surface area contributed by atoms with Gasteiger partial charge in [-0.15, -0.1) is 10.2 Å². The maximum absolute atomic E-state index is 14.1. The van der Waals surface area contributed by atoms with Crippen molar-refractivity contribution in [2.75, 3.05) is 11.9 Å². The molecule has 0 saturated carbocycles. The standard InChI is InChI=1S/C27H20Cl2FN3O3/c1-15-10-11-35-24-14-25(21(29)13-20(15)24)36-18-5-2-16(3-6-18)27(34)31-26-9-8-23(32-33-26)19-7-4-17(28)12-22(19)30/h2-9,12-15H,10-11H2,1H3,(H,31,33,34). The van der Waals surface area contributed by atoms with E-state index < -0.39 is 5.82 Å². The van der Waals surface area contributed by atoms with Gasteiger partial charge in [0.05, 0.1) is 17.3 Å². The highest BCUT2D eigenvalue weighted by Crippen LogP contribution is 2.41. The second-order valence-electron chi connectivity index (χ2n) is 8.37. The summed E-state index contributed by atoms with van der Waals surface area (Å²) < 4.78 is 25.8. The van der Waals surface area contributed by atoms with Crippen LogP contribution in [0.3, 0.4) is 0 Å². The van der Waals surface area contributed by atoms with Crippen molar-refractivity contribution in [3.63, 3.8) is 0 Å². The van der Waals surface area contributed by atoms with Crippen LogP contribution >= 0.6 is 23.2 Å². The highest BCUT2D eigenvalue weighted by atomic mass is 35.5. The van der Waals surface area contributed by atoms with Crippen LogP contribution in [0.4, 0.5) is 10.2 Å². The molecule has 1 aliphatic rings. The lowest BCUT2D eigenvalue weighted by atomic mass is 9.95. The molecule has 2 heterocycles. The van der Waals surface area contributed by atoms with Crippen molar-refractivity contribution in [2.24, 2.45) is 0 Å². The molecule has 0 aliphatic carbocycles. The van der Waals surface area contributed by atoms with E-state index in [2.05, 4.69) is 22.4 Å². The first-order chi connectivity index (χ1) is 17.4. The summed E-state index contributed by atoms with van der Waals surface area (Å²) in [6.07, 6.45) is 0.948. The zero-order valence-corrected chi connectivity index (χ0v) is 20.6. The number of hydrogen-bond donors (Lipinski definition) is 1. The van der Waals surface area contributed by atoms with E-state index >= 15 is 0 Å². The lowest BCUT2D eigenvalue weighted by Crippen LogP contribution is -2.13. The Labute approximate surface area is 217 Å². The van der Waals surface area contributed by atoms with Gasteiger partial charge in [0.15, 0.2) is 5.82 Å². The van der Waals surface area contributed by atoms with Crippen LogP contribution in [0.2, 0.25) is 10.0 Å². The third-order valence-electron chi connectivity index (χ3n) is 5.86. The molecule has 1 N–H and O–H groups in total. The number of amides is 1. The van der Waals surface area contributed by atoms with Gasteiger partial charge in [0.25, 0.3) is 5.91 Å². The minimum Gasteiger partial charge on any atom is -0.493 e. The average molecular weight is 524 g/mol. The van der Waals surface area contributed by atoms with Crippen molar-refractivity contribution in [2.45, 2.75) is 19.3 Å². The molecule has 0 saturated heterocycles. The van der Waals surface area contributed by atoms with Crippen LogP contribution in [0.15, 0.2) is 66.7 Å². The molecule has 0 radical (unpaired) electrons. The summed E-state index contributed by atoms with van der Waals surface area (Å²) >= 11 is 12.2. The molecule has 36 heavy (non-hydrogen) atoms. The summed E-state index contributed by atoms with van der Waals surface area (Å²) in [4.78, 5) is 12.6. The van der Waals surface area contributed by atoms with Crippen LogP contribution in [0, 0.1) is 5.82 Å². The van der Waals surface area contributed by atoms with Crippen molar-refractivity contribution in [3.8, 4) is 28.5 Å². The monoisotopic (exact) mass is 523 g/mol. The van der Waals surface area contributed by atoms with Crippen LogP contribution in [0.5, 0.6) is 17.2 Å².